The minimum absolute atomic E-state index is 0.158. The third-order valence-corrected chi connectivity index (χ3v) is 3.86. The van der Waals surface area contributed by atoms with E-state index in [4.69, 9.17) is 28.9 Å². The van der Waals surface area contributed by atoms with E-state index in [2.05, 4.69) is 10.6 Å². The molecule has 0 aliphatic rings. The van der Waals surface area contributed by atoms with Crippen molar-refractivity contribution in [2.45, 2.75) is 0 Å². The number of rotatable bonds is 4. The van der Waals surface area contributed by atoms with E-state index in [-0.39, 0.29) is 28.2 Å². The lowest BCUT2D eigenvalue weighted by Crippen LogP contribution is -2.32. The summed E-state index contributed by atoms with van der Waals surface area (Å²) in [6.07, 6.45) is 0. The molecule has 0 radical (unpaired) electrons. The quantitative estimate of drug-likeness (QED) is 0.746. The number of thiophene rings is 1. The molecule has 0 aliphatic heterocycles. The largest absolute Gasteiger partial charge is 0.396 e. The molecule has 8 heteroatoms. The molecular weight excluding hydrogens is 333 g/mol. The Kier molecular flexibility index (Phi) is 5.06. The van der Waals surface area contributed by atoms with Gasteiger partial charge in [-0.25, -0.2) is 0 Å². The highest BCUT2D eigenvalue weighted by Crippen LogP contribution is 2.30. The van der Waals surface area contributed by atoms with Gasteiger partial charge in [0.2, 0.25) is 5.91 Å². The molecule has 2 aromatic rings. The van der Waals surface area contributed by atoms with Crippen LogP contribution in [-0.2, 0) is 4.79 Å². The fourth-order valence-electron chi connectivity index (χ4n) is 1.52. The molecule has 0 saturated carbocycles. The highest BCUT2D eigenvalue weighted by molar-refractivity contribution is 7.08. The summed E-state index contributed by atoms with van der Waals surface area (Å²) in [5.41, 5.74) is 6.78. The summed E-state index contributed by atoms with van der Waals surface area (Å²) in [7, 11) is 0. The van der Waals surface area contributed by atoms with Gasteiger partial charge in [-0.15, -0.1) is 0 Å². The standard InChI is InChI=1S/C13H11Cl2N3O2S/c14-9-3-8(4-10(15)12(9)16)18-11(19)5-17-13(20)7-1-2-21-6-7/h1-4,6H,5,16H2,(H,17,20)(H,18,19). The Hall–Kier alpha value is -1.76. The van der Waals surface area contributed by atoms with E-state index >= 15 is 0 Å². The Morgan fingerprint density at radius 1 is 1.24 bits per heavy atom. The number of nitrogens with one attached hydrogen (secondary N) is 2. The molecule has 21 heavy (non-hydrogen) atoms. The predicted octanol–water partition coefficient (Wildman–Crippen LogP) is 3.01. The highest BCUT2D eigenvalue weighted by atomic mass is 35.5. The van der Waals surface area contributed by atoms with E-state index in [0.29, 0.717) is 11.3 Å². The molecule has 0 fully saturated rings. The van der Waals surface area contributed by atoms with Crippen LogP contribution in [0.25, 0.3) is 0 Å². The van der Waals surface area contributed by atoms with E-state index in [9.17, 15) is 9.59 Å². The van der Waals surface area contributed by atoms with E-state index in [0.717, 1.165) is 0 Å². The normalized spacial score (nSPS) is 10.2. The third-order valence-electron chi connectivity index (χ3n) is 2.56. The SMILES string of the molecule is Nc1c(Cl)cc(NC(=O)CNC(=O)c2ccsc2)cc1Cl. The smallest absolute Gasteiger partial charge is 0.252 e. The lowest BCUT2D eigenvalue weighted by molar-refractivity contribution is -0.115. The average molecular weight is 344 g/mol. The number of amides is 2. The summed E-state index contributed by atoms with van der Waals surface area (Å²) < 4.78 is 0. The van der Waals surface area contributed by atoms with Crippen LogP contribution in [0.2, 0.25) is 10.0 Å². The predicted molar refractivity (Wildman–Crippen MR) is 86.2 cm³/mol. The van der Waals surface area contributed by atoms with Gasteiger partial charge >= 0.3 is 0 Å². The van der Waals surface area contributed by atoms with Crippen LogP contribution in [0.5, 0.6) is 0 Å². The van der Waals surface area contributed by atoms with Gasteiger partial charge in [-0.05, 0) is 23.6 Å². The van der Waals surface area contributed by atoms with Crippen LogP contribution in [0.3, 0.4) is 0 Å². The van der Waals surface area contributed by atoms with Crippen molar-refractivity contribution in [2.24, 2.45) is 0 Å². The van der Waals surface area contributed by atoms with Gasteiger partial charge in [0.1, 0.15) is 0 Å². The maximum absolute atomic E-state index is 11.8. The first-order valence-corrected chi connectivity index (χ1v) is 7.52. The van der Waals surface area contributed by atoms with Crippen molar-refractivity contribution in [3.63, 3.8) is 0 Å². The Labute approximate surface area is 135 Å². The molecule has 4 N–H and O–H groups in total. The lowest BCUT2D eigenvalue weighted by Gasteiger charge is -2.09. The van der Waals surface area contributed by atoms with E-state index < -0.39 is 5.91 Å². The molecule has 0 spiro atoms. The van der Waals surface area contributed by atoms with Gasteiger partial charge in [0.25, 0.3) is 5.91 Å². The number of carbonyl (C=O) groups excluding carboxylic acids is 2. The fraction of sp³-hybridized carbons (Fsp3) is 0.0769. The zero-order valence-electron chi connectivity index (χ0n) is 10.7. The van der Waals surface area contributed by atoms with Crippen LogP contribution in [0.15, 0.2) is 29.0 Å². The second-order valence-corrected chi connectivity index (χ2v) is 5.69. The van der Waals surface area contributed by atoms with Crippen molar-refractivity contribution < 1.29 is 9.59 Å². The summed E-state index contributed by atoms with van der Waals surface area (Å²) in [6.45, 7) is -0.158. The van der Waals surface area contributed by atoms with Crippen molar-refractivity contribution in [2.75, 3.05) is 17.6 Å². The summed E-state index contributed by atoms with van der Waals surface area (Å²) in [5.74, 6) is -0.699. The van der Waals surface area contributed by atoms with Crippen molar-refractivity contribution in [1.29, 1.82) is 0 Å². The molecule has 0 unspecified atom stereocenters. The number of hydrogen-bond acceptors (Lipinski definition) is 4. The Morgan fingerprint density at radius 3 is 2.48 bits per heavy atom. The topological polar surface area (TPSA) is 84.2 Å². The second-order valence-electron chi connectivity index (χ2n) is 4.10. The molecule has 0 aliphatic carbocycles. The zero-order chi connectivity index (χ0) is 15.4. The number of nitrogens with two attached hydrogens (primary N) is 1. The minimum Gasteiger partial charge on any atom is -0.396 e. The van der Waals surface area contributed by atoms with E-state index in [1.807, 2.05) is 0 Å². The maximum Gasteiger partial charge on any atom is 0.252 e. The summed E-state index contributed by atoms with van der Waals surface area (Å²) in [5, 5.41) is 9.07. The van der Waals surface area contributed by atoms with Crippen LogP contribution in [0, 0.1) is 0 Å². The van der Waals surface area contributed by atoms with Gasteiger partial charge in [-0.1, -0.05) is 23.2 Å². The number of carbonyl (C=O) groups is 2. The first kappa shape index (κ1) is 15.6. The Balaban J connectivity index is 1.92. The van der Waals surface area contributed by atoms with Crippen molar-refractivity contribution >= 4 is 57.7 Å². The number of benzene rings is 1. The number of hydrogen-bond donors (Lipinski definition) is 3. The summed E-state index contributed by atoms with van der Waals surface area (Å²) in [4.78, 5) is 23.4. The number of nitrogen functional groups attached to an aromatic ring is 1. The van der Waals surface area contributed by atoms with Crippen molar-refractivity contribution in [3.8, 4) is 0 Å². The molecular formula is C13H11Cl2N3O2S. The molecule has 1 heterocycles. The van der Waals surface area contributed by atoms with Gasteiger partial charge in [0.05, 0.1) is 22.3 Å². The van der Waals surface area contributed by atoms with Crippen LogP contribution in [0.4, 0.5) is 11.4 Å². The molecule has 5 nitrogen and oxygen atoms in total. The minimum atomic E-state index is -0.393. The first-order valence-electron chi connectivity index (χ1n) is 5.82. The highest BCUT2D eigenvalue weighted by Gasteiger charge is 2.10. The van der Waals surface area contributed by atoms with Crippen LogP contribution < -0.4 is 16.4 Å². The molecule has 0 saturated heterocycles. The Bertz CT molecular complexity index is 651. The summed E-state index contributed by atoms with van der Waals surface area (Å²) >= 11 is 13.1. The monoisotopic (exact) mass is 343 g/mol. The number of anilines is 2. The van der Waals surface area contributed by atoms with Gasteiger partial charge in [0.15, 0.2) is 0 Å². The Morgan fingerprint density at radius 2 is 1.90 bits per heavy atom. The molecule has 1 aromatic carbocycles. The van der Waals surface area contributed by atoms with Crippen molar-refractivity contribution in [1.82, 2.24) is 5.32 Å². The average Bonchev–Trinajstić information content (AvgIpc) is 2.96. The fourth-order valence-corrected chi connectivity index (χ4v) is 2.64. The summed E-state index contributed by atoms with van der Waals surface area (Å²) in [6, 6.07) is 4.65. The zero-order valence-corrected chi connectivity index (χ0v) is 13.0. The van der Waals surface area contributed by atoms with Crippen LogP contribution in [-0.4, -0.2) is 18.4 Å². The van der Waals surface area contributed by atoms with Gasteiger partial charge in [-0.2, -0.15) is 11.3 Å². The van der Waals surface area contributed by atoms with Crippen LogP contribution in [0.1, 0.15) is 10.4 Å². The maximum atomic E-state index is 11.8. The first-order chi connectivity index (χ1) is 9.97. The van der Waals surface area contributed by atoms with Crippen molar-refractivity contribution in [3.05, 3.63) is 44.6 Å². The molecule has 2 amide bonds. The van der Waals surface area contributed by atoms with Crippen LogP contribution >= 0.6 is 34.5 Å². The van der Waals surface area contributed by atoms with E-state index in [1.54, 1.807) is 16.8 Å². The number of halogens is 2. The molecule has 0 atom stereocenters. The lowest BCUT2D eigenvalue weighted by atomic mass is 10.2. The molecule has 1 aromatic heterocycles. The van der Waals surface area contributed by atoms with E-state index in [1.165, 1.54) is 23.5 Å². The molecule has 0 bridgehead atoms. The third kappa shape index (κ3) is 4.10. The molecule has 2 rings (SSSR count). The van der Waals surface area contributed by atoms with Gasteiger partial charge < -0.3 is 16.4 Å². The second kappa shape index (κ2) is 6.80. The van der Waals surface area contributed by atoms with Gasteiger partial charge in [0, 0.05) is 16.6 Å². The molecule has 110 valence electrons. The van der Waals surface area contributed by atoms with Gasteiger partial charge in [-0.3, -0.25) is 9.59 Å².